The highest BCUT2D eigenvalue weighted by molar-refractivity contribution is 5.88. The van der Waals surface area contributed by atoms with Crippen LogP contribution in [0, 0.1) is 0 Å². The third kappa shape index (κ3) is 10.0. The number of fused-ring (bicyclic) bond motifs is 1. The van der Waals surface area contributed by atoms with E-state index in [1.807, 2.05) is 24.3 Å². The van der Waals surface area contributed by atoms with Crippen molar-refractivity contribution in [3.05, 3.63) is 54.1 Å². The van der Waals surface area contributed by atoms with Gasteiger partial charge in [0.25, 0.3) is 0 Å². The number of ether oxygens (including phenoxy) is 3. The van der Waals surface area contributed by atoms with Gasteiger partial charge in [0, 0.05) is 57.6 Å². The number of morpholine rings is 1. The molecule has 38 heavy (non-hydrogen) atoms. The summed E-state index contributed by atoms with van der Waals surface area (Å²) < 4.78 is 17.2. The molecule has 2 aromatic carbocycles. The van der Waals surface area contributed by atoms with Gasteiger partial charge >= 0.3 is 0 Å². The van der Waals surface area contributed by atoms with Crippen molar-refractivity contribution in [1.29, 1.82) is 0 Å². The van der Waals surface area contributed by atoms with Crippen LogP contribution in [0.15, 0.2) is 54.1 Å². The number of hydroxylamine groups is 1. The molecule has 2 fully saturated rings. The molecule has 1 amide bonds. The van der Waals surface area contributed by atoms with Crippen LogP contribution in [0.4, 0.5) is 0 Å². The Morgan fingerprint density at radius 3 is 2.79 bits per heavy atom. The van der Waals surface area contributed by atoms with Crippen LogP contribution in [0.5, 0.6) is 5.75 Å². The Morgan fingerprint density at radius 1 is 1.05 bits per heavy atom. The second-order valence-corrected chi connectivity index (χ2v) is 9.94. The Morgan fingerprint density at radius 2 is 1.92 bits per heavy atom. The first-order valence-corrected chi connectivity index (χ1v) is 14.1. The summed E-state index contributed by atoms with van der Waals surface area (Å²) in [5, 5.41) is 5.89. The van der Waals surface area contributed by atoms with Crippen molar-refractivity contribution in [2.24, 2.45) is 0 Å². The van der Waals surface area contributed by atoms with Gasteiger partial charge in [0.15, 0.2) is 6.29 Å². The van der Waals surface area contributed by atoms with Crippen LogP contribution in [0.25, 0.3) is 10.8 Å². The zero-order chi connectivity index (χ0) is 26.3. The predicted octanol–water partition coefficient (Wildman–Crippen LogP) is 4.20. The molecule has 0 bridgehead atoms. The molecule has 8 heteroatoms. The lowest BCUT2D eigenvalue weighted by Gasteiger charge is -2.26. The highest BCUT2D eigenvalue weighted by Crippen LogP contribution is 2.25. The highest BCUT2D eigenvalue weighted by Gasteiger charge is 2.15. The molecule has 0 saturated carbocycles. The van der Waals surface area contributed by atoms with Crippen molar-refractivity contribution in [3.63, 3.8) is 0 Å². The van der Waals surface area contributed by atoms with Gasteiger partial charge in [0.05, 0.1) is 13.2 Å². The number of hydrogen-bond donors (Lipinski definition) is 2. The molecule has 4 rings (SSSR count). The smallest absolute Gasteiger partial charge is 0.243 e. The number of rotatable bonds is 15. The summed E-state index contributed by atoms with van der Waals surface area (Å²) in [6.07, 6.45) is 7.99. The normalized spacial score (nSPS) is 18.9. The first-order valence-electron chi connectivity index (χ1n) is 14.1. The quantitative estimate of drug-likeness (QED) is 0.205. The zero-order valence-corrected chi connectivity index (χ0v) is 22.5. The topological polar surface area (TPSA) is 81.3 Å². The van der Waals surface area contributed by atoms with Gasteiger partial charge in [-0.3, -0.25) is 9.69 Å². The molecule has 0 radical (unpaired) electrons. The molecule has 2 N–H and O–H groups in total. The van der Waals surface area contributed by atoms with E-state index < -0.39 is 0 Å². The lowest BCUT2D eigenvalue weighted by atomic mass is 10.1. The standard InChI is InChI=1S/C30H43N3O5/c34-29(32-38-30-15-6-7-20-36-30)14-3-1-2-9-25(23-31-16-17-33-18-21-35-22-19-33)24-37-28-13-8-11-26-10-4-5-12-27(26)28/h4-5,8-13,30-31H,1-3,6-7,14-24H2,(H,32,34). The van der Waals surface area contributed by atoms with Gasteiger partial charge in [-0.25, -0.2) is 10.3 Å². The van der Waals surface area contributed by atoms with Crippen LogP contribution < -0.4 is 15.5 Å². The second-order valence-electron chi connectivity index (χ2n) is 9.94. The van der Waals surface area contributed by atoms with Crippen LogP contribution in [0.1, 0.15) is 44.9 Å². The van der Waals surface area contributed by atoms with Crippen molar-refractivity contribution in [3.8, 4) is 5.75 Å². The summed E-state index contributed by atoms with van der Waals surface area (Å²) in [5.41, 5.74) is 3.77. The van der Waals surface area contributed by atoms with E-state index >= 15 is 0 Å². The third-order valence-corrected chi connectivity index (χ3v) is 6.96. The number of allylic oxidation sites excluding steroid dienone is 1. The van der Waals surface area contributed by atoms with E-state index in [-0.39, 0.29) is 12.2 Å². The summed E-state index contributed by atoms with van der Waals surface area (Å²) in [7, 11) is 0. The lowest BCUT2D eigenvalue weighted by Crippen LogP contribution is -2.40. The van der Waals surface area contributed by atoms with Gasteiger partial charge < -0.3 is 19.5 Å². The Balaban J connectivity index is 1.21. The number of nitrogens with zero attached hydrogens (tertiary/aromatic N) is 1. The second kappa shape index (κ2) is 16.5. The highest BCUT2D eigenvalue weighted by atomic mass is 16.8. The number of unbranched alkanes of at least 4 members (excludes halogenated alkanes) is 2. The molecule has 1 unspecified atom stereocenters. The van der Waals surface area contributed by atoms with Gasteiger partial charge in [-0.1, -0.05) is 42.5 Å². The maximum Gasteiger partial charge on any atom is 0.243 e. The minimum absolute atomic E-state index is 0.0903. The number of amides is 1. The fourth-order valence-electron chi connectivity index (χ4n) is 4.71. The van der Waals surface area contributed by atoms with Gasteiger partial charge in [0.2, 0.25) is 5.91 Å². The SMILES string of the molecule is O=C(CCCCC=C(CNCCN1CCOCC1)COc1cccc2ccccc12)NOC1CCCCO1. The van der Waals surface area contributed by atoms with Crippen molar-refractivity contribution in [2.45, 2.75) is 51.2 Å². The first-order chi connectivity index (χ1) is 18.8. The number of hydrogen-bond acceptors (Lipinski definition) is 7. The Hall–Kier alpha value is -2.49. The number of carbonyl (C=O) groups is 1. The lowest BCUT2D eigenvalue weighted by molar-refractivity contribution is -0.200. The van der Waals surface area contributed by atoms with Gasteiger partial charge in [-0.15, -0.1) is 0 Å². The van der Waals surface area contributed by atoms with Crippen molar-refractivity contribution < 1.29 is 23.8 Å². The van der Waals surface area contributed by atoms with E-state index in [2.05, 4.69) is 40.0 Å². The molecule has 208 valence electrons. The minimum Gasteiger partial charge on any atom is -0.489 e. The van der Waals surface area contributed by atoms with Crippen LogP contribution in [-0.2, 0) is 19.1 Å². The zero-order valence-electron chi connectivity index (χ0n) is 22.5. The Kier molecular flexibility index (Phi) is 12.4. The minimum atomic E-state index is -0.310. The molecular weight excluding hydrogens is 482 g/mol. The monoisotopic (exact) mass is 525 g/mol. The summed E-state index contributed by atoms with van der Waals surface area (Å²) in [6.45, 7) is 7.60. The van der Waals surface area contributed by atoms with E-state index in [0.717, 1.165) is 95.6 Å². The Bertz CT molecular complexity index is 997. The first kappa shape index (κ1) is 28.5. The molecule has 0 spiro atoms. The Labute approximate surface area is 226 Å². The average molecular weight is 526 g/mol. The van der Waals surface area contributed by atoms with E-state index in [1.54, 1.807) is 0 Å². The van der Waals surface area contributed by atoms with E-state index in [9.17, 15) is 4.79 Å². The molecule has 2 heterocycles. The van der Waals surface area contributed by atoms with E-state index in [0.29, 0.717) is 19.6 Å². The number of carbonyl (C=O) groups excluding carboxylic acids is 1. The molecule has 8 nitrogen and oxygen atoms in total. The summed E-state index contributed by atoms with van der Waals surface area (Å²) in [4.78, 5) is 19.9. The van der Waals surface area contributed by atoms with Crippen molar-refractivity contribution in [2.75, 3.05) is 59.2 Å². The van der Waals surface area contributed by atoms with E-state index in [1.165, 1.54) is 11.0 Å². The largest absolute Gasteiger partial charge is 0.489 e. The molecule has 2 aliphatic rings. The number of benzene rings is 2. The van der Waals surface area contributed by atoms with Crippen molar-refractivity contribution in [1.82, 2.24) is 15.7 Å². The van der Waals surface area contributed by atoms with Gasteiger partial charge in [-0.05, 0) is 49.1 Å². The summed E-state index contributed by atoms with van der Waals surface area (Å²) in [6, 6.07) is 14.5. The van der Waals surface area contributed by atoms with Crippen LogP contribution in [-0.4, -0.2) is 76.2 Å². The van der Waals surface area contributed by atoms with Crippen molar-refractivity contribution >= 4 is 16.7 Å². The molecule has 1 atom stereocenters. The third-order valence-electron chi connectivity index (χ3n) is 6.96. The average Bonchev–Trinajstić information content (AvgIpc) is 2.97. The maximum atomic E-state index is 12.1. The predicted molar refractivity (Wildman–Crippen MR) is 149 cm³/mol. The molecule has 2 saturated heterocycles. The number of nitrogens with one attached hydrogen (secondary N) is 2. The van der Waals surface area contributed by atoms with Crippen LogP contribution in [0.3, 0.4) is 0 Å². The molecule has 0 aromatic heterocycles. The molecule has 2 aliphatic heterocycles. The summed E-state index contributed by atoms with van der Waals surface area (Å²) >= 11 is 0. The van der Waals surface area contributed by atoms with Crippen LogP contribution in [0.2, 0.25) is 0 Å². The maximum absolute atomic E-state index is 12.1. The van der Waals surface area contributed by atoms with E-state index in [4.69, 9.17) is 19.0 Å². The molecular formula is C30H43N3O5. The fourth-order valence-corrected chi connectivity index (χ4v) is 4.71. The molecule has 0 aliphatic carbocycles. The molecule has 2 aromatic rings. The van der Waals surface area contributed by atoms with Crippen LogP contribution >= 0.6 is 0 Å². The summed E-state index contributed by atoms with van der Waals surface area (Å²) in [5.74, 6) is 0.813. The van der Waals surface area contributed by atoms with Gasteiger partial charge in [-0.2, -0.15) is 0 Å². The van der Waals surface area contributed by atoms with Gasteiger partial charge in [0.1, 0.15) is 12.4 Å². The fraction of sp³-hybridized carbons (Fsp3) is 0.567.